The van der Waals surface area contributed by atoms with Gasteiger partial charge < -0.3 is 25.2 Å². The first kappa shape index (κ1) is 25.4. The molecule has 5 aromatic rings. The molecular formula is C28H30N10O3. The number of hydrogen-bond acceptors (Lipinski definition) is 11. The summed E-state index contributed by atoms with van der Waals surface area (Å²) in [7, 11) is 1.71. The van der Waals surface area contributed by atoms with Gasteiger partial charge in [-0.2, -0.15) is 9.97 Å². The van der Waals surface area contributed by atoms with Gasteiger partial charge in [0.15, 0.2) is 11.5 Å². The van der Waals surface area contributed by atoms with Crippen LogP contribution in [0.5, 0.6) is 0 Å². The van der Waals surface area contributed by atoms with Crippen molar-refractivity contribution in [2.24, 2.45) is 7.05 Å². The first-order valence-electron chi connectivity index (χ1n) is 13.7. The first-order chi connectivity index (χ1) is 20.0. The molecule has 3 saturated heterocycles. The Kier molecular flexibility index (Phi) is 6.24. The van der Waals surface area contributed by atoms with Crippen LogP contribution in [0.3, 0.4) is 0 Å². The lowest BCUT2D eigenvalue weighted by molar-refractivity contribution is 0.0747. The number of aliphatic hydroxyl groups excluding tert-OH is 1. The van der Waals surface area contributed by atoms with Gasteiger partial charge in [0.25, 0.3) is 11.4 Å². The Balaban J connectivity index is 1.24. The van der Waals surface area contributed by atoms with E-state index in [0.29, 0.717) is 34.0 Å². The molecule has 3 fully saturated rings. The van der Waals surface area contributed by atoms with Gasteiger partial charge in [0.05, 0.1) is 23.9 Å². The molecule has 0 saturated carbocycles. The van der Waals surface area contributed by atoms with E-state index in [-0.39, 0.29) is 23.5 Å². The van der Waals surface area contributed by atoms with Gasteiger partial charge in [-0.3, -0.25) is 14.6 Å². The third kappa shape index (κ3) is 4.62. The van der Waals surface area contributed by atoms with Crippen molar-refractivity contribution in [3.8, 4) is 11.5 Å². The molecule has 0 spiro atoms. The number of nitrogens with zero attached hydrogens (tertiary/aromatic N) is 7. The number of hydrogen-bond donors (Lipinski definition) is 4. The molecular weight excluding hydrogens is 524 g/mol. The minimum atomic E-state index is -0.393. The minimum Gasteiger partial charge on any atom is -0.394 e. The molecule has 0 aliphatic carbocycles. The number of benzene rings is 1. The summed E-state index contributed by atoms with van der Waals surface area (Å²) in [6.45, 7) is 3.03. The second kappa shape index (κ2) is 10.1. The van der Waals surface area contributed by atoms with Crippen LogP contribution in [0.1, 0.15) is 36.7 Å². The van der Waals surface area contributed by atoms with Crippen LogP contribution in [0.15, 0.2) is 58.1 Å². The highest BCUT2D eigenvalue weighted by Gasteiger charge is 2.44. The summed E-state index contributed by atoms with van der Waals surface area (Å²) in [6.07, 6.45) is 6.21. The monoisotopic (exact) mass is 554 g/mol. The van der Waals surface area contributed by atoms with E-state index in [9.17, 15) is 9.90 Å². The fourth-order valence-electron chi connectivity index (χ4n) is 5.86. The number of pyridine rings is 1. The maximum atomic E-state index is 12.0. The minimum absolute atomic E-state index is 0.0506. The number of aromatic nitrogens is 7. The van der Waals surface area contributed by atoms with Crippen molar-refractivity contribution < 1.29 is 9.63 Å². The summed E-state index contributed by atoms with van der Waals surface area (Å²) >= 11 is 0. The van der Waals surface area contributed by atoms with Gasteiger partial charge in [-0.05, 0) is 44.5 Å². The van der Waals surface area contributed by atoms with Crippen LogP contribution >= 0.6 is 0 Å². The highest BCUT2D eigenvalue weighted by molar-refractivity contribution is 5.77. The van der Waals surface area contributed by atoms with Gasteiger partial charge in [0.1, 0.15) is 11.2 Å². The van der Waals surface area contributed by atoms with Crippen LogP contribution in [0.2, 0.25) is 0 Å². The van der Waals surface area contributed by atoms with Crippen LogP contribution in [-0.4, -0.2) is 71.1 Å². The second-order valence-corrected chi connectivity index (χ2v) is 10.8. The van der Waals surface area contributed by atoms with Crippen molar-refractivity contribution in [3.05, 3.63) is 70.5 Å². The lowest BCUT2D eigenvalue weighted by Crippen LogP contribution is -2.51. The zero-order valence-corrected chi connectivity index (χ0v) is 22.5. The number of rotatable bonds is 8. The molecule has 13 nitrogen and oxygen atoms in total. The summed E-state index contributed by atoms with van der Waals surface area (Å²) in [6, 6.07) is 11.1. The lowest BCUT2D eigenvalue weighted by atomic mass is 9.71. The van der Waals surface area contributed by atoms with E-state index in [1.807, 2.05) is 30.3 Å². The lowest BCUT2D eigenvalue weighted by Gasteiger charge is -2.46. The summed E-state index contributed by atoms with van der Waals surface area (Å²) in [4.78, 5) is 32.7. The van der Waals surface area contributed by atoms with Crippen molar-refractivity contribution in [2.75, 3.05) is 36.9 Å². The number of aliphatic hydroxyl groups is 1. The van der Waals surface area contributed by atoms with Crippen molar-refractivity contribution >= 4 is 28.5 Å². The van der Waals surface area contributed by atoms with Gasteiger partial charge in [0.2, 0.25) is 5.95 Å². The van der Waals surface area contributed by atoms with E-state index >= 15 is 0 Å². The highest BCUT2D eigenvalue weighted by atomic mass is 16.5. The molecule has 8 rings (SSSR count). The Labute approximate surface area is 234 Å². The average molecular weight is 555 g/mol. The summed E-state index contributed by atoms with van der Waals surface area (Å²) in [5.74, 6) is 1.86. The van der Waals surface area contributed by atoms with Gasteiger partial charge in [-0.1, -0.05) is 35.5 Å². The molecule has 210 valence electrons. The van der Waals surface area contributed by atoms with E-state index in [1.54, 1.807) is 24.0 Å². The predicted molar refractivity (Wildman–Crippen MR) is 152 cm³/mol. The smallest absolute Gasteiger partial charge is 0.275 e. The molecule has 13 heteroatoms. The Morgan fingerprint density at radius 3 is 2.63 bits per heavy atom. The van der Waals surface area contributed by atoms with Crippen molar-refractivity contribution in [1.29, 1.82) is 0 Å². The van der Waals surface area contributed by atoms with E-state index in [1.165, 1.54) is 6.20 Å². The van der Waals surface area contributed by atoms with Crippen LogP contribution in [0, 0.1) is 0 Å². The SMILES string of the molecule is Cn1[nH]c(=O)c2cnc(Nc3cc(N[C@H](CO)c4ccccc4)c(-c4nc(C56CCN(CC5)CC6)no4)cn3)nc21. The Morgan fingerprint density at radius 2 is 1.88 bits per heavy atom. The van der Waals surface area contributed by atoms with E-state index in [2.05, 4.69) is 40.7 Å². The number of aromatic amines is 1. The van der Waals surface area contributed by atoms with Crippen molar-refractivity contribution in [2.45, 2.75) is 30.7 Å². The number of aryl methyl sites for hydroxylation is 1. The maximum Gasteiger partial charge on any atom is 0.275 e. The standard InChI is InChI=1S/C28H30N10O3/c1-37-23-19(24(40)35-37)15-30-27(33-23)32-22-13-20(31-21(16-39)17-5-3-2-4-6-17)18(14-29-22)25-34-26(36-41-25)28-7-10-38(11-8-28)12-9-28/h2-6,13-15,21,39H,7-12,16H2,1H3,(H,35,40)(H2,29,30,31,32,33)/t21-/m1/s1. The molecule has 1 atom stereocenters. The number of fused-ring (bicyclic) bond motifs is 4. The van der Waals surface area contributed by atoms with Crippen molar-refractivity contribution in [3.63, 3.8) is 0 Å². The number of anilines is 3. The second-order valence-electron chi connectivity index (χ2n) is 10.8. The molecule has 4 N–H and O–H groups in total. The van der Waals surface area contributed by atoms with E-state index in [0.717, 1.165) is 50.3 Å². The van der Waals surface area contributed by atoms with Gasteiger partial charge in [-0.15, -0.1) is 0 Å². The molecule has 41 heavy (non-hydrogen) atoms. The number of H-pyrrole nitrogens is 1. The molecule has 7 heterocycles. The summed E-state index contributed by atoms with van der Waals surface area (Å²) in [5, 5.41) is 24.4. The van der Waals surface area contributed by atoms with Crippen LogP contribution < -0.4 is 16.2 Å². The predicted octanol–water partition coefficient (Wildman–Crippen LogP) is 2.73. The zero-order valence-electron chi connectivity index (χ0n) is 22.5. The third-order valence-electron chi connectivity index (χ3n) is 8.31. The molecule has 0 unspecified atom stereocenters. The molecule has 2 bridgehead atoms. The fraction of sp³-hybridized carbons (Fsp3) is 0.357. The molecule has 3 aliphatic rings. The molecule has 4 aromatic heterocycles. The normalized spacial score (nSPS) is 20.8. The van der Waals surface area contributed by atoms with Gasteiger partial charge in [-0.25, -0.2) is 9.97 Å². The van der Waals surface area contributed by atoms with E-state index < -0.39 is 6.04 Å². The third-order valence-corrected chi connectivity index (χ3v) is 8.31. The number of nitrogens with one attached hydrogen (secondary N) is 3. The highest BCUT2D eigenvalue weighted by Crippen LogP contribution is 2.42. The Morgan fingerprint density at radius 1 is 1.10 bits per heavy atom. The van der Waals surface area contributed by atoms with Crippen molar-refractivity contribution in [1.82, 2.24) is 39.8 Å². The Bertz CT molecular complexity index is 1740. The van der Waals surface area contributed by atoms with Crippen LogP contribution in [0.4, 0.5) is 17.5 Å². The fourth-order valence-corrected chi connectivity index (χ4v) is 5.86. The van der Waals surface area contributed by atoms with E-state index in [4.69, 9.17) is 9.51 Å². The van der Waals surface area contributed by atoms with Crippen LogP contribution in [0.25, 0.3) is 22.5 Å². The number of piperidine rings is 3. The maximum absolute atomic E-state index is 12.0. The molecule has 3 aliphatic heterocycles. The van der Waals surface area contributed by atoms with Gasteiger partial charge >= 0.3 is 0 Å². The molecule has 0 radical (unpaired) electrons. The quantitative estimate of drug-likeness (QED) is 0.223. The average Bonchev–Trinajstić information content (AvgIpc) is 3.62. The van der Waals surface area contributed by atoms with Crippen LogP contribution in [-0.2, 0) is 12.5 Å². The molecule has 0 amide bonds. The molecule has 1 aromatic carbocycles. The largest absolute Gasteiger partial charge is 0.394 e. The first-order valence-corrected chi connectivity index (χ1v) is 13.7. The summed E-state index contributed by atoms with van der Waals surface area (Å²) < 4.78 is 7.38. The topological polar surface area (TPSA) is 163 Å². The van der Waals surface area contributed by atoms with Gasteiger partial charge in [0, 0.05) is 30.9 Å². The Hall–Kier alpha value is -4.62. The zero-order chi connectivity index (χ0) is 28.0. The summed E-state index contributed by atoms with van der Waals surface area (Å²) in [5.41, 5.74) is 2.36.